The quantitative estimate of drug-likeness (QED) is 0.748. The summed E-state index contributed by atoms with van der Waals surface area (Å²) in [5.74, 6) is -0.420. The van der Waals surface area contributed by atoms with Crippen LogP contribution in [0, 0.1) is 6.92 Å². The number of pyridine rings is 1. The van der Waals surface area contributed by atoms with Gasteiger partial charge in [0.2, 0.25) is 0 Å². The van der Waals surface area contributed by atoms with Crippen LogP contribution in [-0.2, 0) is 4.74 Å². The summed E-state index contributed by atoms with van der Waals surface area (Å²) < 4.78 is 4.63. The zero-order valence-corrected chi connectivity index (χ0v) is 9.10. The molecule has 0 amide bonds. The van der Waals surface area contributed by atoms with Crippen molar-refractivity contribution in [2.45, 2.75) is 6.92 Å². The van der Waals surface area contributed by atoms with Crippen LogP contribution in [0.5, 0.6) is 0 Å². The zero-order valence-electron chi connectivity index (χ0n) is 8.29. The van der Waals surface area contributed by atoms with E-state index < -0.39 is 5.97 Å². The van der Waals surface area contributed by atoms with Gasteiger partial charge in [0, 0.05) is 17.1 Å². The average molecular weight is 223 g/mol. The van der Waals surface area contributed by atoms with Crippen molar-refractivity contribution in [2.24, 2.45) is 0 Å². The maximum absolute atomic E-state index is 11.6. The van der Waals surface area contributed by atoms with Crippen molar-refractivity contribution in [3.8, 4) is 0 Å². The predicted molar refractivity (Wildman–Crippen MR) is 58.5 cm³/mol. The van der Waals surface area contributed by atoms with Crippen LogP contribution in [0.15, 0.2) is 16.2 Å². The summed E-state index contributed by atoms with van der Waals surface area (Å²) in [7, 11) is 1.32. The molecule has 15 heavy (non-hydrogen) atoms. The van der Waals surface area contributed by atoms with Crippen molar-refractivity contribution in [1.82, 2.24) is 4.98 Å². The highest BCUT2D eigenvalue weighted by Crippen LogP contribution is 2.22. The number of hydrogen-bond donors (Lipinski definition) is 1. The first-order valence-corrected chi connectivity index (χ1v) is 5.21. The fourth-order valence-corrected chi connectivity index (χ4v) is 2.34. The summed E-state index contributed by atoms with van der Waals surface area (Å²) >= 11 is 1.21. The molecule has 0 aliphatic carbocycles. The van der Waals surface area contributed by atoms with Gasteiger partial charge in [-0.25, -0.2) is 4.79 Å². The van der Waals surface area contributed by atoms with E-state index in [1.165, 1.54) is 24.5 Å². The lowest BCUT2D eigenvalue weighted by molar-refractivity contribution is 0.0608. The second-order valence-corrected chi connectivity index (χ2v) is 4.04. The van der Waals surface area contributed by atoms with Crippen LogP contribution in [0.4, 0.5) is 0 Å². The highest BCUT2D eigenvalue weighted by molar-refractivity contribution is 7.13. The van der Waals surface area contributed by atoms with E-state index in [-0.39, 0.29) is 5.43 Å². The molecule has 4 nitrogen and oxygen atoms in total. The molecule has 0 atom stereocenters. The number of carbonyl (C=O) groups excluding carboxylic acids is 1. The van der Waals surface area contributed by atoms with Crippen LogP contribution in [-0.4, -0.2) is 18.1 Å². The molecule has 2 rings (SSSR count). The number of carbonyl (C=O) groups is 1. The van der Waals surface area contributed by atoms with Crippen molar-refractivity contribution in [1.29, 1.82) is 0 Å². The maximum atomic E-state index is 11.6. The third-order valence-electron chi connectivity index (χ3n) is 2.10. The molecule has 0 fully saturated rings. The van der Waals surface area contributed by atoms with Gasteiger partial charge in [-0.15, -0.1) is 11.3 Å². The lowest BCUT2D eigenvalue weighted by Crippen LogP contribution is -2.04. The number of nitrogens with one attached hydrogen (secondary N) is 1. The van der Waals surface area contributed by atoms with E-state index in [1.54, 1.807) is 12.3 Å². The Labute approximate surface area is 89.5 Å². The van der Waals surface area contributed by atoms with Gasteiger partial charge < -0.3 is 9.72 Å². The SMILES string of the molecule is COC(=O)c1scc2c(=O)cc(C)[nH]c12. The highest BCUT2D eigenvalue weighted by Gasteiger charge is 2.15. The molecule has 1 N–H and O–H groups in total. The van der Waals surface area contributed by atoms with Gasteiger partial charge in [-0.05, 0) is 6.92 Å². The minimum Gasteiger partial charge on any atom is -0.465 e. The van der Waals surface area contributed by atoms with Crippen LogP contribution in [0.3, 0.4) is 0 Å². The molecular formula is C10H9NO3S. The van der Waals surface area contributed by atoms with Crippen molar-refractivity contribution in [3.63, 3.8) is 0 Å². The van der Waals surface area contributed by atoms with Crippen LogP contribution < -0.4 is 5.43 Å². The number of esters is 1. The summed E-state index contributed by atoms with van der Waals surface area (Å²) in [6.07, 6.45) is 0. The van der Waals surface area contributed by atoms with Crippen LogP contribution >= 0.6 is 11.3 Å². The van der Waals surface area contributed by atoms with Gasteiger partial charge in [0.1, 0.15) is 4.88 Å². The van der Waals surface area contributed by atoms with E-state index in [1.807, 2.05) is 0 Å². The average Bonchev–Trinajstić information content (AvgIpc) is 2.60. The fourth-order valence-electron chi connectivity index (χ4n) is 1.41. The van der Waals surface area contributed by atoms with Gasteiger partial charge in [-0.2, -0.15) is 0 Å². The first kappa shape index (κ1) is 9.92. The standard InChI is InChI=1S/C10H9NO3S/c1-5-3-7(12)6-4-15-9(8(6)11-5)10(13)14-2/h3-4,11H,1-2H3. The molecule has 2 heterocycles. The summed E-state index contributed by atoms with van der Waals surface area (Å²) in [6.45, 7) is 1.78. The van der Waals surface area contributed by atoms with Gasteiger partial charge in [0.25, 0.3) is 0 Å². The molecule has 0 aliphatic rings. The molecule has 2 aromatic heterocycles. The van der Waals surface area contributed by atoms with E-state index in [9.17, 15) is 9.59 Å². The number of fused-ring (bicyclic) bond motifs is 1. The third-order valence-corrected chi connectivity index (χ3v) is 3.06. The summed E-state index contributed by atoms with van der Waals surface area (Å²) in [5.41, 5.74) is 1.22. The number of hydrogen-bond acceptors (Lipinski definition) is 4. The van der Waals surface area contributed by atoms with Gasteiger partial charge >= 0.3 is 5.97 Å². The number of aromatic nitrogens is 1. The number of aryl methyl sites for hydroxylation is 1. The Bertz CT molecular complexity index is 582. The minimum absolute atomic E-state index is 0.0762. The van der Waals surface area contributed by atoms with E-state index >= 15 is 0 Å². The Morgan fingerprint density at radius 2 is 2.27 bits per heavy atom. The van der Waals surface area contributed by atoms with Crippen LogP contribution in [0.2, 0.25) is 0 Å². The van der Waals surface area contributed by atoms with Gasteiger partial charge in [0.05, 0.1) is 18.0 Å². The van der Waals surface area contributed by atoms with Crippen molar-refractivity contribution >= 4 is 28.2 Å². The van der Waals surface area contributed by atoms with Crippen molar-refractivity contribution in [3.05, 3.63) is 32.2 Å². The molecule has 78 valence electrons. The third kappa shape index (κ3) is 1.55. The molecule has 0 aromatic carbocycles. The minimum atomic E-state index is -0.420. The first-order chi connectivity index (χ1) is 7.13. The topological polar surface area (TPSA) is 59.2 Å². The molecule has 0 aliphatic heterocycles. The summed E-state index contributed by atoms with van der Waals surface area (Å²) in [5, 5.41) is 2.20. The Morgan fingerprint density at radius 1 is 1.53 bits per heavy atom. The molecule has 5 heteroatoms. The Morgan fingerprint density at radius 3 is 2.93 bits per heavy atom. The molecular weight excluding hydrogens is 214 g/mol. The van der Waals surface area contributed by atoms with Gasteiger partial charge in [0.15, 0.2) is 5.43 Å². The monoisotopic (exact) mass is 223 g/mol. The molecule has 0 saturated heterocycles. The molecule has 0 radical (unpaired) electrons. The van der Waals surface area contributed by atoms with E-state index in [4.69, 9.17) is 0 Å². The second-order valence-electron chi connectivity index (χ2n) is 3.16. The molecule has 0 saturated carbocycles. The van der Waals surface area contributed by atoms with Crippen molar-refractivity contribution < 1.29 is 9.53 Å². The van der Waals surface area contributed by atoms with E-state index in [0.29, 0.717) is 15.8 Å². The molecule has 0 spiro atoms. The van der Waals surface area contributed by atoms with Crippen molar-refractivity contribution in [2.75, 3.05) is 7.11 Å². The smallest absolute Gasteiger partial charge is 0.350 e. The van der Waals surface area contributed by atoms with Gasteiger partial charge in [-0.1, -0.05) is 0 Å². The number of methoxy groups -OCH3 is 1. The number of thiophene rings is 1. The largest absolute Gasteiger partial charge is 0.465 e. The fraction of sp³-hybridized carbons (Fsp3) is 0.200. The van der Waals surface area contributed by atoms with Gasteiger partial charge in [-0.3, -0.25) is 4.79 Å². The Kier molecular flexibility index (Phi) is 2.32. The lowest BCUT2D eigenvalue weighted by atomic mass is 10.2. The predicted octanol–water partition coefficient (Wildman–Crippen LogP) is 1.68. The molecule has 0 unspecified atom stereocenters. The number of aromatic amines is 1. The summed E-state index contributed by atoms with van der Waals surface area (Å²) in [4.78, 5) is 26.4. The lowest BCUT2D eigenvalue weighted by Gasteiger charge is -1.98. The normalized spacial score (nSPS) is 10.5. The maximum Gasteiger partial charge on any atom is 0.350 e. The first-order valence-electron chi connectivity index (χ1n) is 4.33. The number of ether oxygens (including phenoxy) is 1. The zero-order chi connectivity index (χ0) is 11.0. The van der Waals surface area contributed by atoms with E-state index in [2.05, 4.69) is 9.72 Å². The Hall–Kier alpha value is -1.62. The number of rotatable bonds is 1. The van der Waals surface area contributed by atoms with E-state index in [0.717, 1.165) is 5.69 Å². The molecule has 2 aromatic rings. The summed E-state index contributed by atoms with van der Waals surface area (Å²) in [6, 6.07) is 1.51. The van der Waals surface area contributed by atoms with Crippen LogP contribution in [0.25, 0.3) is 10.9 Å². The Balaban J connectivity index is 2.80. The van der Waals surface area contributed by atoms with Crippen LogP contribution in [0.1, 0.15) is 15.4 Å². The molecule has 0 bridgehead atoms. The highest BCUT2D eigenvalue weighted by atomic mass is 32.1. The second kappa shape index (κ2) is 3.51. The number of H-pyrrole nitrogens is 1.